The molecule has 0 aromatic carbocycles. The summed E-state index contributed by atoms with van der Waals surface area (Å²) < 4.78 is 0. The van der Waals surface area contributed by atoms with Crippen molar-refractivity contribution in [3.05, 3.63) is 21.3 Å². The van der Waals surface area contributed by atoms with Gasteiger partial charge in [-0.05, 0) is 31.4 Å². The van der Waals surface area contributed by atoms with Crippen LogP contribution in [0.15, 0.2) is 11.4 Å². The van der Waals surface area contributed by atoms with Gasteiger partial charge in [-0.1, -0.05) is 24.4 Å². The molecule has 0 amide bonds. The van der Waals surface area contributed by atoms with Crippen molar-refractivity contribution in [2.24, 2.45) is 5.92 Å². The van der Waals surface area contributed by atoms with Crippen molar-refractivity contribution < 1.29 is 0 Å². The number of thiophene rings is 1. The molecule has 14 heavy (non-hydrogen) atoms. The Morgan fingerprint density at radius 3 is 2.86 bits per heavy atom. The van der Waals surface area contributed by atoms with E-state index in [1.165, 1.54) is 37.1 Å². The third-order valence-electron chi connectivity index (χ3n) is 2.83. The smallest absolute Gasteiger partial charge is 0.0516 e. The molecule has 0 saturated heterocycles. The predicted molar refractivity (Wildman–Crippen MR) is 63.0 cm³/mol. The fraction of sp³-hybridized carbons (Fsp3) is 0.636. The quantitative estimate of drug-likeness (QED) is 0.831. The third kappa shape index (κ3) is 2.97. The van der Waals surface area contributed by atoms with Crippen LogP contribution < -0.4 is 5.32 Å². The maximum absolute atomic E-state index is 5.85. The van der Waals surface area contributed by atoms with Gasteiger partial charge in [-0.15, -0.1) is 11.3 Å². The zero-order valence-corrected chi connectivity index (χ0v) is 9.83. The molecule has 0 radical (unpaired) electrons. The van der Waals surface area contributed by atoms with E-state index in [2.05, 4.69) is 5.32 Å². The highest BCUT2D eigenvalue weighted by molar-refractivity contribution is 7.10. The highest BCUT2D eigenvalue weighted by Crippen LogP contribution is 2.24. The van der Waals surface area contributed by atoms with Gasteiger partial charge in [0.25, 0.3) is 0 Å². The minimum atomic E-state index is 0.868. The maximum atomic E-state index is 5.85. The van der Waals surface area contributed by atoms with E-state index in [4.69, 9.17) is 11.6 Å². The zero-order valence-electron chi connectivity index (χ0n) is 8.26. The average molecular weight is 230 g/mol. The van der Waals surface area contributed by atoms with Crippen molar-refractivity contribution >= 4 is 22.9 Å². The van der Waals surface area contributed by atoms with E-state index < -0.39 is 0 Å². The Morgan fingerprint density at radius 1 is 1.43 bits per heavy atom. The summed E-state index contributed by atoms with van der Waals surface area (Å²) in [4.78, 5) is 1.34. The lowest BCUT2D eigenvalue weighted by Crippen LogP contribution is -2.20. The van der Waals surface area contributed by atoms with Crippen LogP contribution in [-0.2, 0) is 6.54 Å². The number of hydrogen-bond acceptors (Lipinski definition) is 2. The van der Waals surface area contributed by atoms with Gasteiger partial charge in [-0.3, -0.25) is 0 Å². The molecule has 0 atom stereocenters. The first-order valence-electron chi connectivity index (χ1n) is 5.28. The number of rotatable bonds is 4. The summed E-state index contributed by atoms with van der Waals surface area (Å²) in [6, 6.07) is 2.05. The summed E-state index contributed by atoms with van der Waals surface area (Å²) >= 11 is 7.59. The van der Waals surface area contributed by atoms with E-state index in [1.807, 2.05) is 11.4 Å². The van der Waals surface area contributed by atoms with Crippen LogP contribution >= 0.6 is 22.9 Å². The van der Waals surface area contributed by atoms with Crippen molar-refractivity contribution in [3.63, 3.8) is 0 Å². The first-order valence-corrected chi connectivity index (χ1v) is 6.54. The molecule has 0 bridgehead atoms. The van der Waals surface area contributed by atoms with E-state index in [1.54, 1.807) is 11.3 Å². The summed E-state index contributed by atoms with van der Waals surface area (Å²) in [5, 5.41) is 6.37. The lowest BCUT2D eigenvalue weighted by molar-refractivity contribution is 0.491. The maximum Gasteiger partial charge on any atom is 0.0516 e. The SMILES string of the molecule is Clc1csc(CNCC2CCCC2)c1. The molecule has 1 aromatic rings. The van der Waals surface area contributed by atoms with E-state index in [9.17, 15) is 0 Å². The second kappa shape index (κ2) is 5.15. The Labute approximate surface area is 94.5 Å². The minimum absolute atomic E-state index is 0.868. The number of hydrogen-bond donors (Lipinski definition) is 1. The lowest BCUT2D eigenvalue weighted by Gasteiger charge is -2.09. The molecule has 0 aliphatic heterocycles. The van der Waals surface area contributed by atoms with Gasteiger partial charge in [0.05, 0.1) is 5.02 Å². The molecule has 78 valence electrons. The molecule has 1 aliphatic rings. The number of nitrogens with one attached hydrogen (secondary N) is 1. The standard InChI is InChI=1S/C11H16ClNS/c12-10-5-11(14-8-10)7-13-6-9-3-1-2-4-9/h5,8-9,13H,1-4,6-7H2. The second-order valence-corrected chi connectivity index (χ2v) is 5.44. The number of halogens is 1. The molecule has 1 saturated carbocycles. The first-order chi connectivity index (χ1) is 6.84. The lowest BCUT2D eigenvalue weighted by atomic mass is 10.1. The van der Waals surface area contributed by atoms with Crippen LogP contribution in [0.4, 0.5) is 0 Å². The van der Waals surface area contributed by atoms with Crippen molar-refractivity contribution in [1.82, 2.24) is 5.32 Å². The van der Waals surface area contributed by atoms with Gasteiger partial charge >= 0.3 is 0 Å². The van der Waals surface area contributed by atoms with Crippen molar-refractivity contribution in [2.45, 2.75) is 32.2 Å². The fourth-order valence-electron chi connectivity index (χ4n) is 2.06. The van der Waals surface area contributed by atoms with E-state index in [0.29, 0.717) is 0 Å². The van der Waals surface area contributed by atoms with E-state index in [0.717, 1.165) is 17.5 Å². The first kappa shape index (κ1) is 10.5. The van der Waals surface area contributed by atoms with Gasteiger partial charge in [0.2, 0.25) is 0 Å². The molecule has 1 N–H and O–H groups in total. The van der Waals surface area contributed by atoms with Gasteiger partial charge < -0.3 is 5.32 Å². The molecule has 0 unspecified atom stereocenters. The molecular weight excluding hydrogens is 214 g/mol. The summed E-state index contributed by atoms with van der Waals surface area (Å²) in [6.07, 6.45) is 5.69. The summed E-state index contributed by atoms with van der Waals surface area (Å²) in [5.74, 6) is 0.922. The van der Waals surface area contributed by atoms with Crippen LogP contribution in [0, 0.1) is 5.92 Å². The van der Waals surface area contributed by atoms with Crippen LogP contribution in [0.5, 0.6) is 0 Å². The fourth-order valence-corrected chi connectivity index (χ4v) is 3.10. The highest BCUT2D eigenvalue weighted by atomic mass is 35.5. The average Bonchev–Trinajstić information content (AvgIpc) is 2.77. The van der Waals surface area contributed by atoms with Gasteiger partial charge in [-0.2, -0.15) is 0 Å². The molecule has 0 spiro atoms. The topological polar surface area (TPSA) is 12.0 Å². The van der Waals surface area contributed by atoms with Crippen LogP contribution in [0.25, 0.3) is 0 Å². The predicted octanol–water partition coefficient (Wildman–Crippen LogP) is 3.68. The van der Waals surface area contributed by atoms with Crippen molar-refractivity contribution in [3.8, 4) is 0 Å². The Morgan fingerprint density at radius 2 is 2.21 bits per heavy atom. The Hall–Kier alpha value is -0.0500. The summed E-state index contributed by atoms with van der Waals surface area (Å²) in [6.45, 7) is 2.16. The van der Waals surface area contributed by atoms with Crippen LogP contribution in [0.1, 0.15) is 30.6 Å². The van der Waals surface area contributed by atoms with Crippen LogP contribution in [-0.4, -0.2) is 6.54 Å². The molecule has 1 aromatic heterocycles. The Kier molecular flexibility index (Phi) is 3.85. The normalized spacial score (nSPS) is 17.8. The largest absolute Gasteiger partial charge is 0.312 e. The van der Waals surface area contributed by atoms with Gasteiger partial charge in [0.15, 0.2) is 0 Å². The van der Waals surface area contributed by atoms with Gasteiger partial charge in [-0.25, -0.2) is 0 Å². The highest BCUT2D eigenvalue weighted by Gasteiger charge is 2.13. The minimum Gasteiger partial charge on any atom is -0.312 e. The molecule has 2 rings (SSSR count). The van der Waals surface area contributed by atoms with Crippen molar-refractivity contribution in [1.29, 1.82) is 0 Å². The second-order valence-electron chi connectivity index (χ2n) is 4.01. The molecule has 1 fully saturated rings. The molecular formula is C11H16ClNS. The van der Waals surface area contributed by atoms with Crippen LogP contribution in [0.3, 0.4) is 0 Å². The molecule has 1 heterocycles. The zero-order chi connectivity index (χ0) is 9.80. The molecule has 1 nitrogen and oxygen atoms in total. The van der Waals surface area contributed by atoms with Gasteiger partial charge in [0.1, 0.15) is 0 Å². The van der Waals surface area contributed by atoms with Gasteiger partial charge in [0, 0.05) is 16.8 Å². The van der Waals surface area contributed by atoms with Crippen LogP contribution in [0.2, 0.25) is 5.02 Å². The Balaban J connectivity index is 1.67. The monoisotopic (exact) mass is 229 g/mol. The van der Waals surface area contributed by atoms with Crippen molar-refractivity contribution in [2.75, 3.05) is 6.54 Å². The summed E-state index contributed by atoms with van der Waals surface area (Å²) in [7, 11) is 0. The molecule has 1 aliphatic carbocycles. The van der Waals surface area contributed by atoms with E-state index in [-0.39, 0.29) is 0 Å². The molecule has 3 heteroatoms. The third-order valence-corrected chi connectivity index (χ3v) is 4.11. The Bertz CT molecular complexity index is 279. The summed E-state index contributed by atoms with van der Waals surface area (Å²) in [5.41, 5.74) is 0. The van der Waals surface area contributed by atoms with E-state index >= 15 is 0 Å².